The molecule has 1 aromatic heterocycles. The molecule has 1 aliphatic carbocycles. The van der Waals surface area contributed by atoms with Crippen molar-refractivity contribution in [1.29, 1.82) is 0 Å². The summed E-state index contributed by atoms with van der Waals surface area (Å²) in [5.41, 5.74) is 7.17. The van der Waals surface area contributed by atoms with E-state index in [2.05, 4.69) is 27.2 Å². The minimum Gasteiger partial charge on any atom is -0.496 e. The van der Waals surface area contributed by atoms with E-state index in [4.69, 9.17) is 34.5 Å². The average Bonchev–Trinajstić information content (AvgIpc) is 3.97. The van der Waals surface area contributed by atoms with Crippen LogP contribution in [0.3, 0.4) is 0 Å². The van der Waals surface area contributed by atoms with Crippen molar-refractivity contribution < 1.29 is 53.1 Å². The van der Waals surface area contributed by atoms with Gasteiger partial charge in [0, 0.05) is 47.0 Å². The Bertz CT molecular complexity index is 1880. The van der Waals surface area contributed by atoms with Gasteiger partial charge in [-0.25, -0.2) is 19.6 Å². The van der Waals surface area contributed by atoms with E-state index in [1.54, 1.807) is 45.0 Å². The van der Waals surface area contributed by atoms with Gasteiger partial charge in [-0.15, -0.1) is 0 Å². The normalized spacial score (nSPS) is 14.3. The van der Waals surface area contributed by atoms with Gasteiger partial charge in [0.1, 0.15) is 17.3 Å². The molecule has 0 bridgehead atoms. The molecule has 3 atom stereocenters. The summed E-state index contributed by atoms with van der Waals surface area (Å²) in [6.07, 6.45) is -1.71. The number of pyridine rings is 1. The van der Waals surface area contributed by atoms with Gasteiger partial charge in [0.15, 0.2) is 5.69 Å². The predicted octanol–water partition coefficient (Wildman–Crippen LogP) is 4.24. The first-order valence-electron chi connectivity index (χ1n) is 17.1. The van der Waals surface area contributed by atoms with Crippen molar-refractivity contribution in [1.82, 2.24) is 10.3 Å². The van der Waals surface area contributed by atoms with Gasteiger partial charge in [-0.3, -0.25) is 9.59 Å². The maximum atomic E-state index is 14.0. The SMILES string of the molecule is C=Cc1cc(C(=O)Nc2ccc(C(N)=NC(O)OC(C)CO)cc2)c(-c2ccc(C(=O)NCC3CC3)nc2C(=O)OC(C)OC(=O)OC(C)C)cc1OC. The number of hydrogen-bond acceptors (Lipinski definition) is 13. The third kappa shape index (κ3) is 11.3. The maximum Gasteiger partial charge on any atom is 0.511 e. The summed E-state index contributed by atoms with van der Waals surface area (Å²) < 4.78 is 26.1. The molecule has 0 radical (unpaired) electrons. The lowest BCUT2D eigenvalue weighted by Crippen LogP contribution is -2.28. The molecule has 0 spiro atoms. The molecule has 6 N–H and O–H groups in total. The van der Waals surface area contributed by atoms with E-state index in [1.165, 1.54) is 44.4 Å². The third-order valence-corrected chi connectivity index (χ3v) is 7.86. The zero-order chi connectivity index (χ0) is 39.5. The highest BCUT2D eigenvalue weighted by molar-refractivity contribution is 6.11. The second-order valence-electron chi connectivity index (χ2n) is 12.6. The number of carbonyl (C=O) groups is 4. The zero-order valence-electron chi connectivity index (χ0n) is 30.7. The van der Waals surface area contributed by atoms with Gasteiger partial charge in [0.05, 0.1) is 25.9 Å². The smallest absolute Gasteiger partial charge is 0.496 e. The predicted molar refractivity (Wildman–Crippen MR) is 198 cm³/mol. The minimum atomic E-state index is -1.60. The Morgan fingerprint density at radius 3 is 2.31 bits per heavy atom. The van der Waals surface area contributed by atoms with Crippen LogP contribution in [0.15, 0.2) is 60.1 Å². The molecule has 4 rings (SSSR count). The van der Waals surface area contributed by atoms with Crippen LogP contribution in [0.1, 0.15) is 83.0 Å². The molecule has 1 fully saturated rings. The fourth-order valence-electron chi connectivity index (χ4n) is 4.94. The van der Waals surface area contributed by atoms with Crippen molar-refractivity contribution in [3.05, 3.63) is 83.2 Å². The van der Waals surface area contributed by atoms with Gasteiger partial charge in [-0.1, -0.05) is 12.7 Å². The quantitative estimate of drug-likeness (QED) is 0.0564. The molecular formula is C38H45N5O11. The number of rotatable bonds is 17. The molecule has 2 aromatic carbocycles. The van der Waals surface area contributed by atoms with Crippen molar-refractivity contribution in [2.24, 2.45) is 16.6 Å². The number of aliphatic imine (C=N–C) groups is 1. The lowest BCUT2D eigenvalue weighted by molar-refractivity contribution is -0.134. The minimum absolute atomic E-state index is 0.0494. The van der Waals surface area contributed by atoms with Crippen molar-refractivity contribution in [3.8, 4) is 16.9 Å². The summed E-state index contributed by atoms with van der Waals surface area (Å²) in [5, 5.41) is 24.7. The first-order valence-corrected chi connectivity index (χ1v) is 17.1. The molecule has 1 aliphatic rings. The van der Waals surface area contributed by atoms with Crippen LogP contribution >= 0.6 is 0 Å². The van der Waals surface area contributed by atoms with E-state index < -0.39 is 48.9 Å². The Hall–Kier alpha value is -5.84. The van der Waals surface area contributed by atoms with Gasteiger partial charge in [-0.2, -0.15) is 0 Å². The number of methoxy groups -OCH3 is 1. The molecule has 3 aromatic rings. The number of esters is 1. The van der Waals surface area contributed by atoms with Gasteiger partial charge < -0.3 is 50.3 Å². The number of aliphatic hydroxyl groups is 2. The maximum absolute atomic E-state index is 14.0. The molecule has 54 heavy (non-hydrogen) atoms. The highest BCUT2D eigenvalue weighted by Gasteiger charge is 2.28. The first kappa shape index (κ1) is 40.9. The Balaban J connectivity index is 1.71. The highest BCUT2D eigenvalue weighted by atomic mass is 16.8. The van der Waals surface area contributed by atoms with Crippen LogP contribution in [0.4, 0.5) is 10.5 Å². The van der Waals surface area contributed by atoms with Crippen LogP contribution in [0.5, 0.6) is 5.75 Å². The van der Waals surface area contributed by atoms with Gasteiger partial charge in [0.25, 0.3) is 18.2 Å². The molecule has 1 heterocycles. The molecule has 3 unspecified atom stereocenters. The summed E-state index contributed by atoms with van der Waals surface area (Å²) in [6, 6.07) is 12.2. The summed E-state index contributed by atoms with van der Waals surface area (Å²) in [4.78, 5) is 61.1. The molecular weight excluding hydrogens is 702 g/mol. The second-order valence-corrected chi connectivity index (χ2v) is 12.6. The highest BCUT2D eigenvalue weighted by Crippen LogP contribution is 2.35. The topological polar surface area (TPSA) is 230 Å². The van der Waals surface area contributed by atoms with E-state index in [0.29, 0.717) is 35.0 Å². The standard InChI is InChI=1S/C38H45N5O11/c1-7-24-16-29(34(45)41-26-12-10-25(11-13-26)33(39)43-37(48)52-21(4)19-44)28(17-31(24)50-6)27-14-15-30(35(46)40-18-23-8-9-23)42-32(27)36(47)53-22(5)54-38(49)51-20(2)3/h7,10-17,20-23,37,44,48H,1,8-9,18-19H2,2-6H3,(H2,39,43)(H,40,46)(H,41,45). The van der Waals surface area contributed by atoms with Crippen LogP contribution in [-0.4, -0.2) is 90.1 Å². The fourth-order valence-corrected chi connectivity index (χ4v) is 4.94. The number of ether oxygens (including phenoxy) is 5. The Kier molecular flexibility index (Phi) is 14.2. The van der Waals surface area contributed by atoms with Crippen LogP contribution in [-0.2, 0) is 18.9 Å². The molecule has 16 nitrogen and oxygen atoms in total. The molecule has 0 saturated heterocycles. The lowest BCUT2D eigenvalue weighted by atomic mass is 9.94. The average molecular weight is 748 g/mol. The number of aliphatic hydroxyl groups excluding tert-OH is 2. The monoisotopic (exact) mass is 747 g/mol. The van der Waals surface area contributed by atoms with Gasteiger partial charge >= 0.3 is 12.1 Å². The number of aromatic nitrogens is 1. The molecule has 16 heteroatoms. The Morgan fingerprint density at radius 2 is 1.70 bits per heavy atom. The number of anilines is 1. The van der Waals surface area contributed by atoms with Crippen LogP contribution in [0.25, 0.3) is 17.2 Å². The number of carbonyl (C=O) groups excluding carboxylic acids is 4. The van der Waals surface area contributed by atoms with Crippen molar-refractivity contribution in [2.75, 3.05) is 25.6 Å². The first-order chi connectivity index (χ1) is 25.7. The van der Waals surface area contributed by atoms with Crippen molar-refractivity contribution in [2.45, 2.75) is 65.4 Å². The summed E-state index contributed by atoms with van der Waals surface area (Å²) >= 11 is 0. The molecule has 2 amide bonds. The summed E-state index contributed by atoms with van der Waals surface area (Å²) in [6.45, 7) is 10.1. The van der Waals surface area contributed by atoms with Crippen LogP contribution in [0, 0.1) is 5.92 Å². The summed E-state index contributed by atoms with van der Waals surface area (Å²) in [7, 11) is 1.43. The lowest BCUT2D eigenvalue weighted by Gasteiger charge is -2.18. The number of nitrogens with two attached hydrogens (primary N) is 1. The van der Waals surface area contributed by atoms with Gasteiger partial charge in [-0.05, 0) is 88.1 Å². The van der Waals surface area contributed by atoms with E-state index >= 15 is 0 Å². The van der Waals surface area contributed by atoms with E-state index in [0.717, 1.165) is 12.8 Å². The largest absolute Gasteiger partial charge is 0.511 e. The third-order valence-electron chi connectivity index (χ3n) is 7.86. The van der Waals surface area contributed by atoms with Gasteiger partial charge in [0.2, 0.25) is 6.29 Å². The van der Waals surface area contributed by atoms with Crippen LogP contribution < -0.4 is 21.1 Å². The van der Waals surface area contributed by atoms with E-state index in [9.17, 15) is 24.3 Å². The number of benzene rings is 2. The number of nitrogens with one attached hydrogen (secondary N) is 2. The van der Waals surface area contributed by atoms with Crippen molar-refractivity contribution >= 4 is 41.5 Å². The van der Waals surface area contributed by atoms with Crippen molar-refractivity contribution in [3.63, 3.8) is 0 Å². The second kappa shape index (κ2) is 18.8. The van der Waals surface area contributed by atoms with E-state index in [1.807, 2.05) is 0 Å². The number of hydrogen-bond donors (Lipinski definition) is 5. The Labute approximate surface area is 312 Å². The molecule has 288 valence electrons. The molecule has 0 aliphatic heterocycles. The van der Waals surface area contributed by atoms with E-state index in [-0.39, 0.29) is 40.5 Å². The zero-order valence-corrected chi connectivity index (χ0v) is 30.7. The molecule has 1 saturated carbocycles. The summed E-state index contributed by atoms with van der Waals surface area (Å²) in [5.74, 6) is -1.53. The Morgan fingerprint density at radius 1 is 1.00 bits per heavy atom. The number of amidine groups is 1. The van der Waals surface area contributed by atoms with Crippen LogP contribution in [0.2, 0.25) is 0 Å². The number of amides is 2. The number of nitrogens with zero attached hydrogens (tertiary/aromatic N) is 2. The fraction of sp³-hybridized carbons (Fsp3) is 0.368.